The molecule has 1 N–H and O–H groups in total. The zero-order chi connectivity index (χ0) is 13.0. The molecular formula is C15H29NO2. The fourth-order valence-electron chi connectivity index (χ4n) is 2.91. The van der Waals surface area contributed by atoms with Gasteiger partial charge >= 0.3 is 0 Å². The van der Waals surface area contributed by atoms with Gasteiger partial charge in [0.25, 0.3) is 0 Å². The quantitative estimate of drug-likeness (QED) is 0.642. The summed E-state index contributed by atoms with van der Waals surface area (Å²) >= 11 is 0. The van der Waals surface area contributed by atoms with Gasteiger partial charge in [-0.2, -0.15) is 0 Å². The first-order chi connectivity index (χ1) is 8.70. The molecule has 3 heteroatoms. The van der Waals surface area contributed by atoms with Gasteiger partial charge in [0.05, 0.1) is 12.7 Å². The van der Waals surface area contributed by atoms with Crippen molar-refractivity contribution in [2.75, 3.05) is 26.4 Å². The summed E-state index contributed by atoms with van der Waals surface area (Å²) in [6.07, 6.45) is 5.52. The topological polar surface area (TPSA) is 30.5 Å². The van der Waals surface area contributed by atoms with E-state index in [1.807, 2.05) is 0 Å². The summed E-state index contributed by atoms with van der Waals surface area (Å²) in [6, 6.07) is 0.601. The van der Waals surface area contributed by atoms with E-state index in [1.54, 1.807) is 0 Å². The summed E-state index contributed by atoms with van der Waals surface area (Å²) in [7, 11) is 0. The third kappa shape index (κ3) is 3.25. The minimum absolute atomic E-state index is 0.312. The van der Waals surface area contributed by atoms with Crippen LogP contribution in [0.15, 0.2) is 0 Å². The maximum absolute atomic E-state index is 5.81. The van der Waals surface area contributed by atoms with E-state index < -0.39 is 0 Å². The van der Waals surface area contributed by atoms with Gasteiger partial charge in [-0.25, -0.2) is 0 Å². The number of nitrogens with one attached hydrogen (secondary N) is 1. The van der Waals surface area contributed by atoms with Crippen LogP contribution in [-0.2, 0) is 9.47 Å². The summed E-state index contributed by atoms with van der Waals surface area (Å²) in [6.45, 7) is 10.3. The predicted octanol–water partition coefficient (Wildman–Crippen LogP) is 2.60. The van der Waals surface area contributed by atoms with Crippen molar-refractivity contribution in [1.29, 1.82) is 0 Å². The molecule has 0 spiro atoms. The van der Waals surface area contributed by atoms with Crippen molar-refractivity contribution in [2.45, 2.75) is 58.6 Å². The lowest BCUT2D eigenvalue weighted by atomic mass is 9.61. The van der Waals surface area contributed by atoms with Crippen molar-refractivity contribution < 1.29 is 9.47 Å². The lowest BCUT2D eigenvalue weighted by Gasteiger charge is -2.53. The largest absolute Gasteiger partial charge is 0.380 e. The first-order valence-electron chi connectivity index (χ1n) is 7.63. The first kappa shape index (κ1) is 14.3. The molecule has 0 aliphatic heterocycles. The fraction of sp³-hybridized carbons (Fsp3) is 1.00. The maximum atomic E-state index is 5.81. The Morgan fingerprint density at radius 2 is 2.06 bits per heavy atom. The molecule has 2 fully saturated rings. The van der Waals surface area contributed by atoms with Crippen LogP contribution in [-0.4, -0.2) is 38.5 Å². The maximum Gasteiger partial charge on any atom is 0.0658 e. The molecule has 0 heterocycles. The van der Waals surface area contributed by atoms with Crippen molar-refractivity contribution in [2.24, 2.45) is 11.3 Å². The van der Waals surface area contributed by atoms with E-state index in [4.69, 9.17) is 9.47 Å². The molecule has 106 valence electrons. The van der Waals surface area contributed by atoms with E-state index in [0.717, 1.165) is 38.7 Å². The Bertz CT molecular complexity index is 255. The minimum Gasteiger partial charge on any atom is -0.380 e. The van der Waals surface area contributed by atoms with Crippen LogP contribution >= 0.6 is 0 Å². The normalized spacial score (nSPS) is 35.5. The summed E-state index contributed by atoms with van der Waals surface area (Å²) in [5.74, 6) is 0.872. The summed E-state index contributed by atoms with van der Waals surface area (Å²) < 4.78 is 11.5. The lowest BCUT2D eigenvalue weighted by molar-refractivity contribution is -0.126. The third-order valence-electron chi connectivity index (χ3n) is 4.80. The molecule has 2 saturated carbocycles. The number of hydrogen-bond donors (Lipinski definition) is 1. The molecule has 0 bridgehead atoms. The molecule has 2 aliphatic carbocycles. The standard InChI is InChI=1S/C15H29NO2/c1-4-15(3)13(10-14(15)18-5-2)16-8-9-17-11-12-6-7-12/h12-14,16H,4-11H2,1-3H3. The Labute approximate surface area is 112 Å². The molecule has 2 rings (SSSR count). The molecule has 0 amide bonds. The van der Waals surface area contributed by atoms with Crippen molar-refractivity contribution in [3.05, 3.63) is 0 Å². The molecule has 0 aromatic rings. The van der Waals surface area contributed by atoms with E-state index >= 15 is 0 Å². The monoisotopic (exact) mass is 255 g/mol. The average molecular weight is 255 g/mol. The predicted molar refractivity (Wildman–Crippen MR) is 73.8 cm³/mol. The Morgan fingerprint density at radius 3 is 2.67 bits per heavy atom. The van der Waals surface area contributed by atoms with E-state index in [9.17, 15) is 0 Å². The number of rotatable bonds is 9. The lowest BCUT2D eigenvalue weighted by Crippen LogP contribution is -2.62. The highest BCUT2D eigenvalue weighted by molar-refractivity contribution is 5.04. The molecule has 0 aromatic carbocycles. The first-order valence-corrected chi connectivity index (χ1v) is 7.63. The average Bonchev–Trinajstić information content (AvgIpc) is 3.19. The van der Waals surface area contributed by atoms with Crippen LogP contribution < -0.4 is 5.32 Å². The Balaban J connectivity index is 1.60. The molecule has 0 saturated heterocycles. The van der Waals surface area contributed by atoms with E-state index in [0.29, 0.717) is 17.6 Å². The minimum atomic E-state index is 0.312. The molecule has 2 aliphatic rings. The highest BCUT2D eigenvalue weighted by Gasteiger charge is 2.50. The molecule has 18 heavy (non-hydrogen) atoms. The van der Waals surface area contributed by atoms with E-state index in [-0.39, 0.29) is 0 Å². The summed E-state index contributed by atoms with van der Waals surface area (Å²) in [5, 5.41) is 3.64. The van der Waals surface area contributed by atoms with Crippen molar-refractivity contribution in [3.63, 3.8) is 0 Å². The van der Waals surface area contributed by atoms with Gasteiger partial charge < -0.3 is 14.8 Å². The summed E-state index contributed by atoms with van der Waals surface area (Å²) in [4.78, 5) is 0. The van der Waals surface area contributed by atoms with Gasteiger partial charge in [-0.3, -0.25) is 0 Å². The van der Waals surface area contributed by atoms with Crippen LogP contribution in [0.5, 0.6) is 0 Å². The van der Waals surface area contributed by atoms with E-state index in [2.05, 4.69) is 26.1 Å². The van der Waals surface area contributed by atoms with Crippen LogP contribution in [0, 0.1) is 11.3 Å². The molecule has 3 atom stereocenters. The molecule has 3 nitrogen and oxygen atoms in total. The van der Waals surface area contributed by atoms with Crippen molar-refractivity contribution >= 4 is 0 Å². The van der Waals surface area contributed by atoms with Crippen molar-refractivity contribution in [1.82, 2.24) is 5.32 Å². The summed E-state index contributed by atoms with van der Waals surface area (Å²) in [5.41, 5.74) is 0.312. The Hall–Kier alpha value is -0.120. The van der Waals surface area contributed by atoms with Crippen LogP contribution in [0.1, 0.15) is 46.5 Å². The number of hydrogen-bond acceptors (Lipinski definition) is 3. The molecule has 0 aromatic heterocycles. The van der Waals surface area contributed by atoms with Gasteiger partial charge in [-0.05, 0) is 38.5 Å². The molecular weight excluding hydrogens is 226 g/mol. The van der Waals surface area contributed by atoms with Gasteiger partial charge in [0.15, 0.2) is 0 Å². The molecule has 0 radical (unpaired) electrons. The Kier molecular flexibility index (Phi) is 5.05. The zero-order valence-corrected chi connectivity index (χ0v) is 12.2. The van der Waals surface area contributed by atoms with Crippen LogP contribution in [0.4, 0.5) is 0 Å². The highest BCUT2D eigenvalue weighted by atomic mass is 16.5. The van der Waals surface area contributed by atoms with Gasteiger partial charge in [-0.15, -0.1) is 0 Å². The van der Waals surface area contributed by atoms with Crippen LogP contribution in [0.3, 0.4) is 0 Å². The van der Waals surface area contributed by atoms with Crippen LogP contribution in [0.25, 0.3) is 0 Å². The van der Waals surface area contributed by atoms with E-state index in [1.165, 1.54) is 19.3 Å². The van der Waals surface area contributed by atoms with Crippen molar-refractivity contribution in [3.8, 4) is 0 Å². The highest BCUT2D eigenvalue weighted by Crippen LogP contribution is 2.45. The number of ether oxygens (including phenoxy) is 2. The van der Waals surface area contributed by atoms with Gasteiger partial charge in [-0.1, -0.05) is 13.8 Å². The SMILES string of the molecule is CCOC1CC(NCCOCC2CC2)C1(C)CC. The second kappa shape index (κ2) is 6.36. The van der Waals surface area contributed by atoms with Gasteiger partial charge in [0, 0.05) is 31.2 Å². The third-order valence-corrected chi connectivity index (χ3v) is 4.80. The fourth-order valence-corrected chi connectivity index (χ4v) is 2.91. The second-order valence-corrected chi connectivity index (χ2v) is 6.06. The smallest absolute Gasteiger partial charge is 0.0658 e. The van der Waals surface area contributed by atoms with Gasteiger partial charge in [0.2, 0.25) is 0 Å². The zero-order valence-electron chi connectivity index (χ0n) is 12.2. The molecule has 3 unspecified atom stereocenters. The second-order valence-electron chi connectivity index (χ2n) is 6.06. The Morgan fingerprint density at radius 1 is 1.28 bits per heavy atom. The van der Waals surface area contributed by atoms with Gasteiger partial charge in [0.1, 0.15) is 0 Å². The van der Waals surface area contributed by atoms with Crippen LogP contribution in [0.2, 0.25) is 0 Å².